The molecule has 1 aromatic heterocycles. The standard InChI is InChI=1S/C17H26N2O2/c1-14-7-16(10-18-9-14)11-20-5-3-15-4-6-21-17(8-15)12-19(2)13-17/h7,9-10,15H,3-6,8,11-13H2,1-2H3/t15-/m1/s1. The lowest BCUT2D eigenvalue weighted by atomic mass is 9.79. The zero-order valence-electron chi connectivity index (χ0n) is 13.2. The maximum Gasteiger partial charge on any atom is 0.0937 e. The average molecular weight is 290 g/mol. The van der Waals surface area contributed by atoms with Gasteiger partial charge in [0.1, 0.15) is 0 Å². The van der Waals surface area contributed by atoms with Gasteiger partial charge in [0.05, 0.1) is 12.2 Å². The minimum absolute atomic E-state index is 0.165. The van der Waals surface area contributed by atoms with Crippen LogP contribution < -0.4 is 0 Å². The normalized spacial score (nSPS) is 25.0. The van der Waals surface area contributed by atoms with Crippen LogP contribution in [0.4, 0.5) is 0 Å². The Morgan fingerprint density at radius 2 is 2.29 bits per heavy atom. The molecule has 2 aliphatic heterocycles. The second-order valence-electron chi connectivity index (χ2n) is 6.77. The van der Waals surface area contributed by atoms with Crippen LogP contribution in [0.25, 0.3) is 0 Å². The minimum Gasteiger partial charge on any atom is -0.377 e. The molecule has 0 amide bonds. The predicted octanol–water partition coefficient (Wildman–Crippen LogP) is 2.41. The van der Waals surface area contributed by atoms with E-state index in [9.17, 15) is 0 Å². The first-order valence-electron chi connectivity index (χ1n) is 7.96. The molecule has 4 heteroatoms. The number of likely N-dealkylation sites (N-methyl/N-ethyl adjacent to an activating group) is 1. The summed E-state index contributed by atoms with van der Waals surface area (Å²) in [5.74, 6) is 0.753. The van der Waals surface area contributed by atoms with Gasteiger partial charge in [-0.2, -0.15) is 0 Å². The van der Waals surface area contributed by atoms with Gasteiger partial charge in [-0.3, -0.25) is 4.98 Å². The molecule has 2 fully saturated rings. The van der Waals surface area contributed by atoms with Gasteiger partial charge < -0.3 is 14.4 Å². The lowest BCUT2D eigenvalue weighted by molar-refractivity contribution is -0.173. The van der Waals surface area contributed by atoms with Gasteiger partial charge in [-0.05, 0) is 50.3 Å². The maximum absolute atomic E-state index is 6.00. The molecule has 0 aliphatic carbocycles. The molecule has 0 bridgehead atoms. The molecule has 0 aromatic carbocycles. The van der Waals surface area contributed by atoms with E-state index in [1.165, 1.54) is 24.0 Å². The molecule has 1 aromatic rings. The molecule has 3 rings (SSSR count). The van der Waals surface area contributed by atoms with Gasteiger partial charge in [-0.25, -0.2) is 0 Å². The minimum atomic E-state index is 0.165. The number of rotatable bonds is 5. The highest BCUT2D eigenvalue weighted by Gasteiger charge is 2.45. The third kappa shape index (κ3) is 3.82. The van der Waals surface area contributed by atoms with Crippen LogP contribution in [-0.2, 0) is 16.1 Å². The average Bonchev–Trinajstić information content (AvgIpc) is 2.43. The molecule has 116 valence electrons. The Bertz CT molecular complexity index is 466. The maximum atomic E-state index is 6.00. The summed E-state index contributed by atoms with van der Waals surface area (Å²) < 4.78 is 11.8. The molecule has 1 spiro atoms. The second kappa shape index (κ2) is 6.42. The largest absolute Gasteiger partial charge is 0.377 e. The van der Waals surface area contributed by atoms with Gasteiger partial charge in [0.25, 0.3) is 0 Å². The smallest absolute Gasteiger partial charge is 0.0937 e. The number of hydrogen-bond acceptors (Lipinski definition) is 4. The van der Waals surface area contributed by atoms with E-state index in [4.69, 9.17) is 9.47 Å². The number of hydrogen-bond donors (Lipinski definition) is 0. The van der Waals surface area contributed by atoms with E-state index < -0.39 is 0 Å². The van der Waals surface area contributed by atoms with Crippen LogP contribution in [0.5, 0.6) is 0 Å². The molecule has 0 radical (unpaired) electrons. The van der Waals surface area contributed by atoms with Crippen LogP contribution in [0, 0.1) is 12.8 Å². The number of aryl methyl sites for hydroxylation is 1. The van der Waals surface area contributed by atoms with Crippen molar-refractivity contribution in [3.63, 3.8) is 0 Å². The van der Waals surface area contributed by atoms with E-state index in [-0.39, 0.29) is 5.60 Å². The monoisotopic (exact) mass is 290 g/mol. The van der Waals surface area contributed by atoms with E-state index in [0.29, 0.717) is 6.61 Å². The third-order valence-corrected chi connectivity index (χ3v) is 4.58. The van der Waals surface area contributed by atoms with Crippen molar-refractivity contribution in [1.82, 2.24) is 9.88 Å². The Labute approximate surface area is 127 Å². The first-order chi connectivity index (χ1) is 10.2. The Balaban J connectivity index is 1.37. The highest BCUT2D eigenvalue weighted by atomic mass is 16.5. The van der Waals surface area contributed by atoms with E-state index in [1.807, 2.05) is 12.4 Å². The predicted molar refractivity (Wildman–Crippen MR) is 82.2 cm³/mol. The fourth-order valence-electron chi connectivity index (χ4n) is 3.67. The highest BCUT2D eigenvalue weighted by Crippen LogP contribution is 2.37. The molecule has 0 saturated carbocycles. The van der Waals surface area contributed by atoms with Crippen LogP contribution in [-0.4, -0.2) is 48.8 Å². The highest BCUT2D eigenvalue weighted by molar-refractivity contribution is 5.15. The summed E-state index contributed by atoms with van der Waals surface area (Å²) in [5.41, 5.74) is 2.52. The molecule has 1 atom stereocenters. The van der Waals surface area contributed by atoms with E-state index >= 15 is 0 Å². The summed E-state index contributed by atoms with van der Waals surface area (Å²) >= 11 is 0. The summed E-state index contributed by atoms with van der Waals surface area (Å²) in [7, 11) is 2.16. The Morgan fingerprint density at radius 1 is 1.43 bits per heavy atom. The summed E-state index contributed by atoms with van der Waals surface area (Å²) in [5, 5.41) is 0. The Hall–Kier alpha value is -0.970. The van der Waals surface area contributed by atoms with Gasteiger partial charge in [-0.15, -0.1) is 0 Å². The molecular weight excluding hydrogens is 264 g/mol. The van der Waals surface area contributed by atoms with Crippen LogP contribution in [0.2, 0.25) is 0 Å². The summed E-state index contributed by atoms with van der Waals surface area (Å²) in [4.78, 5) is 6.53. The van der Waals surface area contributed by atoms with Crippen molar-refractivity contribution >= 4 is 0 Å². The Kier molecular flexibility index (Phi) is 4.57. The Morgan fingerprint density at radius 3 is 3.05 bits per heavy atom. The van der Waals surface area contributed by atoms with Crippen molar-refractivity contribution in [3.05, 3.63) is 29.6 Å². The fraction of sp³-hybridized carbons (Fsp3) is 0.706. The van der Waals surface area contributed by atoms with Crippen LogP contribution in [0.3, 0.4) is 0 Å². The molecule has 4 nitrogen and oxygen atoms in total. The molecular formula is C17H26N2O2. The van der Waals surface area contributed by atoms with Crippen molar-refractivity contribution in [1.29, 1.82) is 0 Å². The zero-order chi connectivity index (χ0) is 14.7. The van der Waals surface area contributed by atoms with Crippen LogP contribution in [0.15, 0.2) is 18.5 Å². The van der Waals surface area contributed by atoms with Crippen LogP contribution >= 0.6 is 0 Å². The van der Waals surface area contributed by atoms with Crippen molar-refractivity contribution in [3.8, 4) is 0 Å². The van der Waals surface area contributed by atoms with E-state index in [0.717, 1.165) is 38.6 Å². The zero-order valence-corrected chi connectivity index (χ0v) is 13.2. The number of nitrogens with zero attached hydrogens (tertiary/aromatic N) is 2. The van der Waals surface area contributed by atoms with Gasteiger partial charge in [0, 0.05) is 38.7 Å². The number of likely N-dealkylation sites (tertiary alicyclic amines) is 1. The lowest BCUT2D eigenvalue weighted by Crippen LogP contribution is -2.63. The van der Waals surface area contributed by atoms with Crippen molar-refractivity contribution < 1.29 is 9.47 Å². The van der Waals surface area contributed by atoms with Crippen molar-refractivity contribution in [2.75, 3.05) is 33.4 Å². The summed E-state index contributed by atoms with van der Waals surface area (Å²) in [6, 6.07) is 2.14. The van der Waals surface area contributed by atoms with Crippen LogP contribution in [0.1, 0.15) is 30.4 Å². The first-order valence-corrected chi connectivity index (χ1v) is 7.96. The van der Waals surface area contributed by atoms with Gasteiger partial charge in [-0.1, -0.05) is 6.07 Å². The molecule has 21 heavy (non-hydrogen) atoms. The lowest BCUT2D eigenvalue weighted by Gasteiger charge is -2.52. The van der Waals surface area contributed by atoms with Gasteiger partial charge >= 0.3 is 0 Å². The van der Waals surface area contributed by atoms with Crippen molar-refractivity contribution in [2.45, 2.75) is 38.4 Å². The van der Waals surface area contributed by atoms with Gasteiger partial charge in [0.15, 0.2) is 0 Å². The second-order valence-corrected chi connectivity index (χ2v) is 6.77. The number of ether oxygens (including phenoxy) is 2. The summed E-state index contributed by atoms with van der Waals surface area (Å²) in [6.45, 7) is 6.68. The van der Waals surface area contributed by atoms with E-state index in [1.54, 1.807) is 0 Å². The summed E-state index contributed by atoms with van der Waals surface area (Å²) in [6.07, 6.45) is 7.29. The molecule has 2 saturated heterocycles. The topological polar surface area (TPSA) is 34.6 Å². The molecule has 0 N–H and O–H groups in total. The van der Waals surface area contributed by atoms with Gasteiger partial charge in [0.2, 0.25) is 0 Å². The number of aromatic nitrogens is 1. The van der Waals surface area contributed by atoms with Crippen molar-refractivity contribution in [2.24, 2.45) is 5.92 Å². The molecule has 2 aliphatic rings. The third-order valence-electron chi connectivity index (χ3n) is 4.58. The van der Waals surface area contributed by atoms with E-state index in [2.05, 4.69) is 29.9 Å². The SMILES string of the molecule is Cc1cncc(COCC[C@@H]2CCOC3(C2)CN(C)C3)c1. The molecule has 0 unspecified atom stereocenters. The quantitative estimate of drug-likeness (QED) is 0.780. The first kappa shape index (κ1) is 14.9. The fourth-order valence-corrected chi connectivity index (χ4v) is 3.67. The molecule has 3 heterocycles. The number of pyridine rings is 1.